The third-order valence-electron chi connectivity index (χ3n) is 4.48. The van der Waals surface area contributed by atoms with Crippen molar-refractivity contribution in [3.8, 4) is 0 Å². The normalized spacial score (nSPS) is 25.3. The van der Waals surface area contributed by atoms with Crippen LogP contribution in [0.15, 0.2) is 30.3 Å². The summed E-state index contributed by atoms with van der Waals surface area (Å²) in [6, 6.07) is 10.4. The number of rotatable bonds is 3. The van der Waals surface area contributed by atoms with E-state index in [4.69, 9.17) is 4.74 Å². The Bertz CT molecular complexity index is 449. The van der Waals surface area contributed by atoms with E-state index in [9.17, 15) is 4.79 Å². The topological polar surface area (TPSA) is 50.4 Å². The minimum Gasteiger partial charge on any atom is -0.379 e. The van der Waals surface area contributed by atoms with Gasteiger partial charge in [0, 0.05) is 6.61 Å². The van der Waals surface area contributed by atoms with Crippen LogP contribution in [0.1, 0.15) is 24.8 Å². The highest BCUT2D eigenvalue weighted by Crippen LogP contribution is 2.34. The molecule has 4 nitrogen and oxygen atoms in total. The van der Waals surface area contributed by atoms with Crippen LogP contribution < -0.4 is 10.6 Å². The van der Waals surface area contributed by atoms with Gasteiger partial charge in [-0.25, -0.2) is 0 Å². The largest absolute Gasteiger partial charge is 0.379 e. The van der Waals surface area contributed by atoms with Gasteiger partial charge in [0.15, 0.2) is 0 Å². The van der Waals surface area contributed by atoms with Crippen LogP contribution in [0.25, 0.3) is 0 Å². The second-order valence-electron chi connectivity index (χ2n) is 5.73. The molecule has 1 amide bonds. The predicted molar refractivity (Wildman–Crippen MR) is 77.6 cm³/mol. The summed E-state index contributed by atoms with van der Waals surface area (Å²) in [6.07, 6.45) is 2.64. The van der Waals surface area contributed by atoms with Crippen molar-refractivity contribution in [2.45, 2.75) is 30.7 Å². The molecule has 2 fully saturated rings. The van der Waals surface area contributed by atoms with Crippen LogP contribution in [0.5, 0.6) is 0 Å². The molecule has 20 heavy (non-hydrogen) atoms. The van der Waals surface area contributed by atoms with Crippen LogP contribution in [-0.4, -0.2) is 38.3 Å². The van der Waals surface area contributed by atoms with Gasteiger partial charge in [0.2, 0.25) is 5.91 Å². The number of piperidine rings is 1. The lowest BCUT2D eigenvalue weighted by Gasteiger charge is -2.37. The van der Waals surface area contributed by atoms with Crippen molar-refractivity contribution in [3.05, 3.63) is 35.9 Å². The van der Waals surface area contributed by atoms with Gasteiger partial charge in [-0.3, -0.25) is 4.79 Å². The summed E-state index contributed by atoms with van der Waals surface area (Å²) in [5.41, 5.74) is 0.757. The molecule has 108 valence electrons. The van der Waals surface area contributed by atoms with Crippen molar-refractivity contribution >= 4 is 5.91 Å². The zero-order chi connectivity index (χ0) is 13.8. The Morgan fingerprint density at radius 3 is 2.65 bits per heavy atom. The fourth-order valence-corrected chi connectivity index (χ4v) is 3.23. The van der Waals surface area contributed by atoms with Gasteiger partial charge in [0.05, 0.1) is 18.1 Å². The Hall–Kier alpha value is -1.39. The first-order valence-corrected chi connectivity index (χ1v) is 7.46. The maximum Gasteiger partial charge on any atom is 0.231 e. The van der Waals surface area contributed by atoms with E-state index >= 15 is 0 Å². The zero-order valence-corrected chi connectivity index (χ0v) is 11.7. The van der Waals surface area contributed by atoms with Gasteiger partial charge in [-0.1, -0.05) is 30.3 Å². The first-order valence-electron chi connectivity index (χ1n) is 7.46. The summed E-state index contributed by atoms with van der Waals surface area (Å²) in [7, 11) is 0. The van der Waals surface area contributed by atoms with E-state index in [0.717, 1.165) is 44.5 Å². The fourth-order valence-electron chi connectivity index (χ4n) is 3.23. The molecule has 0 radical (unpaired) electrons. The molecule has 0 aliphatic carbocycles. The van der Waals surface area contributed by atoms with E-state index < -0.39 is 0 Å². The standard InChI is InChI=1S/C16H22N2O2/c19-15(18-14-6-11-20-12-14)16(7-9-17-10-8-16)13-4-2-1-3-5-13/h1-5,14,17H,6-12H2,(H,18,19). The van der Waals surface area contributed by atoms with E-state index in [2.05, 4.69) is 22.8 Å². The maximum absolute atomic E-state index is 12.9. The van der Waals surface area contributed by atoms with Crippen LogP contribution in [0.3, 0.4) is 0 Å². The molecule has 2 aliphatic rings. The number of carbonyl (C=O) groups is 1. The molecular formula is C16H22N2O2. The average molecular weight is 274 g/mol. The minimum atomic E-state index is -0.380. The van der Waals surface area contributed by atoms with Crippen molar-refractivity contribution in [2.24, 2.45) is 0 Å². The van der Waals surface area contributed by atoms with E-state index in [1.165, 1.54) is 0 Å². The molecular weight excluding hydrogens is 252 g/mol. The van der Waals surface area contributed by atoms with Crippen LogP contribution in [0.2, 0.25) is 0 Å². The Morgan fingerprint density at radius 2 is 2.00 bits per heavy atom. The summed E-state index contributed by atoms with van der Waals surface area (Å²) in [5, 5.41) is 6.55. The number of nitrogens with one attached hydrogen (secondary N) is 2. The highest BCUT2D eigenvalue weighted by molar-refractivity contribution is 5.88. The number of ether oxygens (including phenoxy) is 1. The number of amides is 1. The highest BCUT2D eigenvalue weighted by atomic mass is 16.5. The monoisotopic (exact) mass is 274 g/mol. The van der Waals surface area contributed by atoms with Gasteiger partial charge in [0.1, 0.15) is 0 Å². The summed E-state index contributed by atoms with van der Waals surface area (Å²) in [6.45, 7) is 3.19. The number of benzene rings is 1. The van der Waals surface area contributed by atoms with Crippen LogP contribution in [0, 0.1) is 0 Å². The van der Waals surface area contributed by atoms with Crippen LogP contribution >= 0.6 is 0 Å². The fraction of sp³-hybridized carbons (Fsp3) is 0.562. The lowest BCUT2D eigenvalue weighted by molar-refractivity contribution is -0.128. The molecule has 0 saturated carbocycles. The maximum atomic E-state index is 12.9. The Labute approximate surface area is 119 Å². The van der Waals surface area contributed by atoms with Crippen molar-refractivity contribution in [1.82, 2.24) is 10.6 Å². The molecule has 1 aromatic carbocycles. The molecule has 0 aromatic heterocycles. The van der Waals surface area contributed by atoms with Gasteiger partial charge in [0.25, 0.3) is 0 Å². The summed E-state index contributed by atoms with van der Waals surface area (Å²) in [4.78, 5) is 12.9. The quantitative estimate of drug-likeness (QED) is 0.871. The van der Waals surface area contributed by atoms with Gasteiger partial charge in [-0.2, -0.15) is 0 Å². The predicted octanol–water partition coefficient (Wildman–Crippen LogP) is 1.21. The van der Waals surface area contributed by atoms with Crippen LogP contribution in [0.4, 0.5) is 0 Å². The number of carbonyl (C=O) groups excluding carboxylic acids is 1. The molecule has 0 spiro atoms. The van der Waals surface area contributed by atoms with Crippen LogP contribution in [-0.2, 0) is 14.9 Å². The summed E-state index contributed by atoms with van der Waals surface area (Å²) >= 11 is 0. The van der Waals surface area contributed by atoms with E-state index in [1.54, 1.807) is 0 Å². The summed E-state index contributed by atoms with van der Waals surface area (Å²) in [5.74, 6) is 0.167. The Morgan fingerprint density at radius 1 is 1.25 bits per heavy atom. The Balaban J connectivity index is 1.83. The highest BCUT2D eigenvalue weighted by Gasteiger charge is 2.41. The number of hydrogen-bond acceptors (Lipinski definition) is 3. The molecule has 3 rings (SSSR count). The first kappa shape index (κ1) is 13.6. The minimum absolute atomic E-state index is 0.167. The lowest BCUT2D eigenvalue weighted by atomic mass is 9.72. The van der Waals surface area contributed by atoms with E-state index in [0.29, 0.717) is 6.61 Å². The second-order valence-corrected chi connectivity index (χ2v) is 5.73. The smallest absolute Gasteiger partial charge is 0.231 e. The molecule has 0 bridgehead atoms. The molecule has 1 unspecified atom stereocenters. The molecule has 2 aliphatic heterocycles. The third-order valence-corrected chi connectivity index (χ3v) is 4.48. The Kier molecular flexibility index (Phi) is 4.03. The van der Waals surface area contributed by atoms with Gasteiger partial charge >= 0.3 is 0 Å². The zero-order valence-electron chi connectivity index (χ0n) is 11.7. The van der Waals surface area contributed by atoms with Crippen molar-refractivity contribution in [2.75, 3.05) is 26.3 Å². The van der Waals surface area contributed by atoms with E-state index in [-0.39, 0.29) is 17.4 Å². The molecule has 2 N–H and O–H groups in total. The average Bonchev–Trinajstić information content (AvgIpc) is 3.02. The summed E-state index contributed by atoms with van der Waals surface area (Å²) < 4.78 is 5.36. The molecule has 2 saturated heterocycles. The molecule has 4 heteroatoms. The molecule has 1 aromatic rings. The lowest BCUT2D eigenvalue weighted by Crippen LogP contribution is -2.53. The number of hydrogen-bond donors (Lipinski definition) is 2. The first-order chi connectivity index (χ1) is 9.81. The molecule has 1 atom stereocenters. The SMILES string of the molecule is O=C(NC1CCOC1)C1(c2ccccc2)CCNCC1. The van der Waals surface area contributed by atoms with Crippen molar-refractivity contribution in [3.63, 3.8) is 0 Å². The van der Waals surface area contributed by atoms with Gasteiger partial charge in [-0.05, 0) is 37.9 Å². The van der Waals surface area contributed by atoms with Crippen molar-refractivity contribution in [1.29, 1.82) is 0 Å². The van der Waals surface area contributed by atoms with Gasteiger partial charge < -0.3 is 15.4 Å². The van der Waals surface area contributed by atoms with E-state index in [1.807, 2.05) is 18.2 Å². The van der Waals surface area contributed by atoms with Crippen molar-refractivity contribution < 1.29 is 9.53 Å². The molecule has 2 heterocycles. The second kappa shape index (κ2) is 5.94. The van der Waals surface area contributed by atoms with Gasteiger partial charge in [-0.15, -0.1) is 0 Å². The third kappa shape index (κ3) is 2.58.